The molecule has 0 N–H and O–H groups in total. The Morgan fingerprint density at radius 1 is 1.12 bits per heavy atom. The van der Waals surface area contributed by atoms with Crippen molar-refractivity contribution >= 4 is 5.78 Å². The molecule has 2 nitrogen and oxygen atoms in total. The maximum Gasteiger partial charge on any atom is 0.164 e. The van der Waals surface area contributed by atoms with Gasteiger partial charge in [-0.05, 0) is 19.1 Å². The van der Waals surface area contributed by atoms with Crippen molar-refractivity contribution in [3.63, 3.8) is 0 Å². The summed E-state index contributed by atoms with van der Waals surface area (Å²) in [5, 5.41) is 0. The van der Waals surface area contributed by atoms with Crippen LogP contribution in [-0.2, 0) is 0 Å². The van der Waals surface area contributed by atoms with Crippen molar-refractivity contribution in [3.8, 4) is 11.3 Å². The molecule has 1 heterocycles. The molecule has 1 aromatic carbocycles. The van der Waals surface area contributed by atoms with Crippen LogP contribution in [0.15, 0.2) is 42.6 Å². The van der Waals surface area contributed by atoms with Gasteiger partial charge in [0.15, 0.2) is 5.78 Å². The van der Waals surface area contributed by atoms with Crippen LogP contribution < -0.4 is 0 Å². The van der Waals surface area contributed by atoms with Gasteiger partial charge in [-0.2, -0.15) is 0 Å². The van der Waals surface area contributed by atoms with Gasteiger partial charge in [-0.1, -0.05) is 36.8 Å². The van der Waals surface area contributed by atoms with E-state index >= 15 is 0 Å². The van der Waals surface area contributed by atoms with Crippen LogP contribution >= 0.6 is 0 Å². The number of carbonyl (C=O) groups excluding carboxylic acids is 1. The minimum Gasteiger partial charge on any atom is -0.294 e. The molecule has 0 aliphatic carbocycles. The second kappa shape index (κ2) is 4.91. The van der Waals surface area contributed by atoms with Crippen molar-refractivity contribution < 1.29 is 4.79 Å². The number of nitrogens with zero attached hydrogens (tertiary/aromatic N) is 1. The highest BCUT2D eigenvalue weighted by atomic mass is 16.1. The molecule has 2 rings (SSSR count). The zero-order chi connectivity index (χ0) is 12.3. The van der Waals surface area contributed by atoms with Crippen LogP contribution in [0, 0.1) is 6.92 Å². The summed E-state index contributed by atoms with van der Waals surface area (Å²) >= 11 is 0. The van der Waals surface area contributed by atoms with Gasteiger partial charge in [0, 0.05) is 23.7 Å². The van der Waals surface area contributed by atoms with Crippen LogP contribution in [0.5, 0.6) is 0 Å². The van der Waals surface area contributed by atoms with E-state index in [-0.39, 0.29) is 5.78 Å². The highest BCUT2D eigenvalue weighted by molar-refractivity contribution is 5.95. The molecule has 0 bridgehead atoms. The quantitative estimate of drug-likeness (QED) is 0.746. The zero-order valence-corrected chi connectivity index (χ0v) is 10.1. The Kier molecular flexibility index (Phi) is 3.33. The molecule has 0 aliphatic heterocycles. The highest BCUT2D eigenvalue weighted by Crippen LogP contribution is 2.17. The average Bonchev–Trinajstić information content (AvgIpc) is 2.39. The number of rotatable bonds is 3. The predicted molar refractivity (Wildman–Crippen MR) is 69.0 cm³/mol. The number of aryl methyl sites for hydroxylation is 1. The Balaban J connectivity index is 2.29. The molecule has 2 heteroatoms. The Labute approximate surface area is 101 Å². The maximum atomic E-state index is 11.5. The molecule has 2 aromatic rings. The van der Waals surface area contributed by atoms with Gasteiger partial charge >= 0.3 is 0 Å². The summed E-state index contributed by atoms with van der Waals surface area (Å²) in [6.07, 6.45) is 2.17. The number of pyridine rings is 1. The first-order valence-corrected chi connectivity index (χ1v) is 5.77. The molecule has 0 saturated carbocycles. The van der Waals surface area contributed by atoms with Crippen LogP contribution in [-0.4, -0.2) is 10.8 Å². The normalized spacial score (nSPS) is 10.2. The van der Waals surface area contributed by atoms with Crippen LogP contribution in [0.25, 0.3) is 11.3 Å². The SMILES string of the molecule is CCC(=O)c1ccc(-c2ccc(C)cc2)nc1. The van der Waals surface area contributed by atoms with Crippen molar-refractivity contribution in [1.82, 2.24) is 4.98 Å². The fourth-order valence-corrected chi connectivity index (χ4v) is 1.66. The van der Waals surface area contributed by atoms with Gasteiger partial charge < -0.3 is 0 Å². The monoisotopic (exact) mass is 225 g/mol. The summed E-state index contributed by atoms with van der Waals surface area (Å²) in [6.45, 7) is 3.91. The molecule has 0 aliphatic rings. The second-order valence-electron chi connectivity index (χ2n) is 4.07. The lowest BCUT2D eigenvalue weighted by atomic mass is 10.1. The minimum atomic E-state index is 0.132. The number of hydrogen-bond donors (Lipinski definition) is 0. The number of ketones is 1. The van der Waals surface area contributed by atoms with E-state index < -0.39 is 0 Å². The summed E-state index contributed by atoms with van der Waals surface area (Å²) in [5.41, 5.74) is 3.89. The fourth-order valence-electron chi connectivity index (χ4n) is 1.66. The number of hydrogen-bond acceptors (Lipinski definition) is 2. The number of carbonyl (C=O) groups is 1. The lowest BCUT2D eigenvalue weighted by Gasteiger charge is -2.02. The van der Waals surface area contributed by atoms with E-state index in [1.807, 2.05) is 31.2 Å². The molecular weight excluding hydrogens is 210 g/mol. The van der Waals surface area contributed by atoms with E-state index in [4.69, 9.17) is 0 Å². The molecule has 0 saturated heterocycles. The third kappa shape index (κ3) is 2.59. The molecule has 0 unspecified atom stereocenters. The summed E-state index contributed by atoms with van der Waals surface area (Å²) in [4.78, 5) is 15.8. The standard InChI is InChI=1S/C15H15NO/c1-3-15(17)13-8-9-14(16-10-13)12-6-4-11(2)5-7-12/h4-10H,3H2,1-2H3. The number of benzene rings is 1. The fraction of sp³-hybridized carbons (Fsp3) is 0.200. The van der Waals surface area contributed by atoms with Crippen molar-refractivity contribution in [2.24, 2.45) is 0 Å². The average molecular weight is 225 g/mol. The second-order valence-corrected chi connectivity index (χ2v) is 4.07. The molecule has 86 valence electrons. The minimum absolute atomic E-state index is 0.132. The van der Waals surface area contributed by atoms with Gasteiger partial charge in [-0.3, -0.25) is 9.78 Å². The third-order valence-electron chi connectivity index (χ3n) is 2.75. The Bertz CT molecular complexity index is 512. The van der Waals surface area contributed by atoms with Crippen molar-refractivity contribution in [3.05, 3.63) is 53.7 Å². The predicted octanol–water partition coefficient (Wildman–Crippen LogP) is 3.65. The van der Waals surface area contributed by atoms with E-state index in [1.54, 1.807) is 6.20 Å². The first-order valence-electron chi connectivity index (χ1n) is 5.77. The Hall–Kier alpha value is -1.96. The van der Waals surface area contributed by atoms with E-state index in [0.29, 0.717) is 12.0 Å². The lowest BCUT2D eigenvalue weighted by Crippen LogP contribution is -1.97. The Morgan fingerprint density at radius 3 is 2.35 bits per heavy atom. The maximum absolute atomic E-state index is 11.5. The van der Waals surface area contributed by atoms with E-state index in [9.17, 15) is 4.79 Å². The van der Waals surface area contributed by atoms with Crippen molar-refractivity contribution in [2.45, 2.75) is 20.3 Å². The molecular formula is C15H15NO. The lowest BCUT2D eigenvalue weighted by molar-refractivity contribution is 0.0988. The van der Waals surface area contributed by atoms with Gasteiger partial charge in [0.1, 0.15) is 0 Å². The van der Waals surface area contributed by atoms with Gasteiger partial charge in [-0.15, -0.1) is 0 Å². The van der Waals surface area contributed by atoms with Crippen LogP contribution in [0.1, 0.15) is 29.3 Å². The van der Waals surface area contributed by atoms with Gasteiger partial charge in [0.2, 0.25) is 0 Å². The smallest absolute Gasteiger partial charge is 0.164 e. The van der Waals surface area contributed by atoms with Crippen molar-refractivity contribution in [1.29, 1.82) is 0 Å². The van der Waals surface area contributed by atoms with E-state index in [1.165, 1.54) is 5.56 Å². The van der Waals surface area contributed by atoms with E-state index in [0.717, 1.165) is 11.3 Å². The molecule has 0 amide bonds. The highest BCUT2D eigenvalue weighted by Gasteiger charge is 2.04. The summed E-state index contributed by atoms with van der Waals surface area (Å²) in [5.74, 6) is 0.132. The summed E-state index contributed by atoms with van der Waals surface area (Å²) in [7, 11) is 0. The van der Waals surface area contributed by atoms with Crippen LogP contribution in [0.4, 0.5) is 0 Å². The zero-order valence-electron chi connectivity index (χ0n) is 10.1. The first kappa shape index (κ1) is 11.5. The Morgan fingerprint density at radius 2 is 1.82 bits per heavy atom. The van der Waals surface area contributed by atoms with Crippen LogP contribution in [0.2, 0.25) is 0 Å². The van der Waals surface area contributed by atoms with Gasteiger partial charge in [0.25, 0.3) is 0 Å². The molecule has 0 fully saturated rings. The van der Waals surface area contributed by atoms with Gasteiger partial charge in [-0.25, -0.2) is 0 Å². The molecule has 0 spiro atoms. The number of Topliss-reactive ketones (excluding diaryl/α,β-unsaturated/α-hetero) is 1. The number of aromatic nitrogens is 1. The van der Waals surface area contributed by atoms with Gasteiger partial charge in [0.05, 0.1) is 5.69 Å². The molecule has 0 radical (unpaired) electrons. The summed E-state index contributed by atoms with van der Waals surface area (Å²) < 4.78 is 0. The van der Waals surface area contributed by atoms with Crippen LogP contribution in [0.3, 0.4) is 0 Å². The third-order valence-corrected chi connectivity index (χ3v) is 2.75. The van der Waals surface area contributed by atoms with E-state index in [2.05, 4.69) is 24.0 Å². The van der Waals surface area contributed by atoms with Crippen molar-refractivity contribution in [2.75, 3.05) is 0 Å². The molecule has 0 atom stereocenters. The summed E-state index contributed by atoms with van der Waals surface area (Å²) in [6, 6.07) is 11.9. The topological polar surface area (TPSA) is 30.0 Å². The first-order chi connectivity index (χ1) is 8.20. The largest absolute Gasteiger partial charge is 0.294 e. The molecule has 1 aromatic heterocycles. The molecule has 17 heavy (non-hydrogen) atoms.